The van der Waals surface area contributed by atoms with Gasteiger partial charge in [0.1, 0.15) is 5.75 Å². The third-order valence-electron chi connectivity index (χ3n) is 4.19. The van der Waals surface area contributed by atoms with Crippen LogP contribution in [0.4, 0.5) is 0 Å². The molecule has 0 spiro atoms. The van der Waals surface area contributed by atoms with E-state index in [9.17, 15) is 0 Å². The Kier molecular flexibility index (Phi) is 10.2. The van der Waals surface area contributed by atoms with Crippen molar-refractivity contribution in [3.63, 3.8) is 0 Å². The van der Waals surface area contributed by atoms with Gasteiger partial charge >= 0.3 is 0 Å². The van der Waals surface area contributed by atoms with Gasteiger partial charge < -0.3 is 19.7 Å². The molecule has 1 aromatic carbocycles. The Labute approximate surface area is 169 Å². The number of hydrogen-bond donors (Lipinski definition) is 1. The maximum Gasteiger partial charge on any atom is 0.193 e. The van der Waals surface area contributed by atoms with E-state index in [2.05, 4.69) is 27.3 Å². The van der Waals surface area contributed by atoms with Crippen LogP contribution >= 0.6 is 24.0 Å². The standard InChI is InChI=1S/C19H31N3O2.HI/c1-15(2)24-18-7-5-16(6-8-18)9-11-21-19(20-3)22-12-10-17(13-22)14-23-4;/h5-8,15,17H,9-14H2,1-4H3,(H,20,21);1H. The van der Waals surface area contributed by atoms with Gasteiger partial charge in [-0.15, -0.1) is 24.0 Å². The number of halogens is 1. The largest absolute Gasteiger partial charge is 0.491 e. The Hall–Kier alpha value is -1.02. The first-order valence-corrected chi connectivity index (χ1v) is 8.82. The average Bonchev–Trinajstić information content (AvgIpc) is 3.01. The van der Waals surface area contributed by atoms with Gasteiger partial charge in [-0.1, -0.05) is 12.1 Å². The van der Waals surface area contributed by atoms with Crippen LogP contribution in [-0.2, 0) is 11.2 Å². The van der Waals surface area contributed by atoms with Crippen LogP contribution in [0.1, 0.15) is 25.8 Å². The zero-order valence-electron chi connectivity index (χ0n) is 15.8. The van der Waals surface area contributed by atoms with Crippen molar-refractivity contribution >= 4 is 29.9 Å². The molecule has 0 bridgehead atoms. The van der Waals surface area contributed by atoms with Gasteiger partial charge in [0.15, 0.2) is 5.96 Å². The fourth-order valence-electron chi connectivity index (χ4n) is 3.05. The molecule has 1 aromatic rings. The molecule has 1 aliphatic rings. The number of benzene rings is 1. The van der Waals surface area contributed by atoms with Crippen molar-refractivity contribution < 1.29 is 9.47 Å². The number of hydrogen-bond acceptors (Lipinski definition) is 3. The van der Waals surface area contributed by atoms with Crippen LogP contribution in [0.2, 0.25) is 0 Å². The minimum absolute atomic E-state index is 0. The van der Waals surface area contributed by atoms with Crippen molar-refractivity contribution in [2.75, 3.05) is 40.4 Å². The Morgan fingerprint density at radius 2 is 2.04 bits per heavy atom. The van der Waals surface area contributed by atoms with Gasteiger partial charge in [0.25, 0.3) is 0 Å². The molecule has 0 amide bonds. The second-order valence-corrected chi connectivity index (χ2v) is 6.59. The second kappa shape index (κ2) is 11.6. The van der Waals surface area contributed by atoms with E-state index in [4.69, 9.17) is 9.47 Å². The smallest absolute Gasteiger partial charge is 0.193 e. The topological polar surface area (TPSA) is 46.1 Å². The fraction of sp³-hybridized carbons (Fsp3) is 0.632. The van der Waals surface area contributed by atoms with Gasteiger partial charge in [-0.2, -0.15) is 0 Å². The SMILES string of the molecule is CN=C(NCCc1ccc(OC(C)C)cc1)N1CCC(COC)C1.I. The number of methoxy groups -OCH3 is 1. The number of guanidine groups is 1. The lowest BCUT2D eigenvalue weighted by Gasteiger charge is -2.21. The van der Waals surface area contributed by atoms with E-state index >= 15 is 0 Å². The summed E-state index contributed by atoms with van der Waals surface area (Å²) in [5.74, 6) is 2.54. The predicted octanol–water partition coefficient (Wildman–Crippen LogP) is 3.18. The molecule has 1 aliphatic heterocycles. The molecule has 0 saturated carbocycles. The van der Waals surface area contributed by atoms with E-state index in [0.717, 1.165) is 44.4 Å². The lowest BCUT2D eigenvalue weighted by molar-refractivity contribution is 0.157. The van der Waals surface area contributed by atoms with Crippen LogP contribution < -0.4 is 10.1 Å². The summed E-state index contributed by atoms with van der Waals surface area (Å²) in [5, 5.41) is 3.47. The van der Waals surface area contributed by atoms with Crippen molar-refractivity contribution in [3.8, 4) is 5.75 Å². The summed E-state index contributed by atoms with van der Waals surface area (Å²) in [6, 6.07) is 8.35. The minimum Gasteiger partial charge on any atom is -0.491 e. The normalized spacial score (nSPS) is 17.6. The monoisotopic (exact) mass is 461 g/mol. The summed E-state index contributed by atoms with van der Waals surface area (Å²) < 4.78 is 10.9. The van der Waals surface area contributed by atoms with Gasteiger partial charge in [-0.3, -0.25) is 4.99 Å². The number of nitrogens with one attached hydrogen (secondary N) is 1. The number of likely N-dealkylation sites (tertiary alicyclic amines) is 1. The Morgan fingerprint density at radius 3 is 2.64 bits per heavy atom. The van der Waals surface area contributed by atoms with Crippen LogP contribution in [0.15, 0.2) is 29.3 Å². The molecule has 6 heteroatoms. The highest BCUT2D eigenvalue weighted by Crippen LogP contribution is 2.16. The van der Waals surface area contributed by atoms with E-state index in [0.29, 0.717) is 5.92 Å². The quantitative estimate of drug-likeness (QED) is 0.385. The van der Waals surface area contributed by atoms with E-state index in [1.54, 1.807) is 7.11 Å². The van der Waals surface area contributed by atoms with E-state index < -0.39 is 0 Å². The van der Waals surface area contributed by atoms with Crippen LogP contribution in [0.3, 0.4) is 0 Å². The lowest BCUT2D eigenvalue weighted by atomic mass is 10.1. The van der Waals surface area contributed by atoms with Crippen molar-refractivity contribution in [2.45, 2.75) is 32.8 Å². The molecule has 25 heavy (non-hydrogen) atoms. The van der Waals surface area contributed by atoms with Crippen LogP contribution in [0.5, 0.6) is 5.75 Å². The van der Waals surface area contributed by atoms with E-state index in [1.165, 1.54) is 12.0 Å². The summed E-state index contributed by atoms with van der Waals surface area (Å²) in [5.41, 5.74) is 1.30. The van der Waals surface area contributed by atoms with Crippen LogP contribution in [0.25, 0.3) is 0 Å². The molecule has 1 atom stereocenters. The summed E-state index contributed by atoms with van der Waals surface area (Å²) >= 11 is 0. The van der Waals surface area contributed by atoms with Crippen molar-refractivity contribution in [1.82, 2.24) is 10.2 Å². The highest BCUT2D eigenvalue weighted by Gasteiger charge is 2.24. The molecule has 142 valence electrons. The van der Waals surface area contributed by atoms with Gasteiger partial charge in [-0.05, 0) is 44.4 Å². The van der Waals surface area contributed by atoms with E-state index in [-0.39, 0.29) is 30.1 Å². The number of nitrogens with zero attached hydrogens (tertiary/aromatic N) is 2. The van der Waals surface area contributed by atoms with Crippen molar-refractivity contribution in [2.24, 2.45) is 10.9 Å². The summed E-state index contributed by atoms with van der Waals surface area (Å²) in [7, 11) is 3.62. The zero-order valence-corrected chi connectivity index (χ0v) is 18.2. The highest BCUT2D eigenvalue weighted by atomic mass is 127. The molecule has 5 nitrogen and oxygen atoms in total. The van der Waals surface area contributed by atoms with E-state index in [1.807, 2.05) is 33.0 Å². The molecular weight excluding hydrogens is 429 g/mol. The first-order chi connectivity index (χ1) is 11.6. The molecule has 1 heterocycles. The van der Waals surface area contributed by atoms with Gasteiger partial charge in [0, 0.05) is 39.7 Å². The molecule has 1 fully saturated rings. The number of ether oxygens (including phenoxy) is 2. The molecule has 1 unspecified atom stereocenters. The maximum absolute atomic E-state index is 5.68. The summed E-state index contributed by atoms with van der Waals surface area (Å²) in [6.07, 6.45) is 2.35. The number of rotatable bonds is 7. The fourth-order valence-corrected chi connectivity index (χ4v) is 3.05. The maximum atomic E-state index is 5.68. The Morgan fingerprint density at radius 1 is 1.32 bits per heavy atom. The predicted molar refractivity (Wildman–Crippen MR) is 114 cm³/mol. The first kappa shape index (κ1) is 22.0. The van der Waals surface area contributed by atoms with Gasteiger partial charge in [0.05, 0.1) is 12.7 Å². The molecule has 2 rings (SSSR count). The highest BCUT2D eigenvalue weighted by molar-refractivity contribution is 14.0. The molecule has 0 radical (unpaired) electrons. The molecule has 0 aliphatic carbocycles. The molecule has 1 saturated heterocycles. The van der Waals surface area contributed by atoms with Gasteiger partial charge in [-0.25, -0.2) is 0 Å². The van der Waals surface area contributed by atoms with Gasteiger partial charge in [0.2, 0.25) is 0 Å². The third-order valence-corrected chi connectivity index (χ3v) is 4.19. The Balaban J connectivity index is 0.00000312. The molecule has 1 N–H and O–H groups in total. The van der Waals surface area contributed by atoms with Crippen molar-refractivity contribution in [1.29, 1.82) is 0 Å². The second-order valence-electron chi connectivity index (χ2n) is 6.59. The summed E-state index contributed by atoms with van der Waals surface area (Å²) in [4.78, 5) is 6.74. The third kappa shape index (κ3) is 7.40. The lowest BCUT2D eigenvalue weighted by Crippen LogP contribution is -2.41. The minimum atomic E-state index is 0. The molecule has 0 aromatic heterocycles. The zero-order chi connectivity index (χ0) is 17.4. The number of aliphatic imine (C=N–C) groups is 1. The Bertz CT molecular complexity index is 520. The average molecular weight is 461 g/mol. The van der Waals surface area contributed by atoms with Crippen LogP contribution in [-0.4, -0.2) is 57.4 Å². The van der Waals surface area contributed by atoms with Crippen molar-refractivity contribution in [3.05, 3.63) is 29.8 Å². The summed E-state index contributed by atoms with van der Waals surface area (Å²) in [6.45, 7) is 7.86. The molecular formula is C19H32IN3O2. The first-order valence-electron chi connectivity index (χ1n) is 8.82. The van der Waals surface area contributed by atoms with Crippen LogP contribution in [0, 0.1) is 5.92 Å².